The summed E-state index contributed by atoms with van der Waals surface area (Å²) in [5.41, 5.74) is 12.9. The van der Waals surface area contributed by atoms with Gasteiger partial charge < -0.3 is 21.3 Å². The minimum Gasteiger partial charge on any atom is -0.338 e. The largest absolute Gasteiger partial charge is 0.354 e. The van der Waals surface area contributed by atoms with Crippen LogP contribution in [-0.4, -0.2) is 87.0 Å². The first-order valence-corrected chi connectivity index (χ1v) is 13.5. The summed E-state index contributed by atoms with van der Waals surface area (Å²) in [6.45, 7) is 8.43. The van der Waals surface area contributed by atoms with E-state index in [0.29, 0.717) is 62.6 Å². The maximum atomic E-state index is 12.8. The molecule has 2 aliphatic heterocycles. The van der Waals surface area contributed by atoms with Crippen molar-refractivity contribution in [3.63, 3.8) is 0 Å². The van der Waals surface area contributed by atoms with E-state index >= 15 is 0 Å². The van der Waals surface area contributed by atoms with E-state index in [-0.39, 0.29) is 17.8 Å². The Morgan fingerprint density at radius 3 is 2.18 bits per heavy atom. The maximum Gasteiger partial charge on any atom is 0.354 e. The molecule has 0 radical (unpaired) electrons. The molecular weight excluding hydrogens is 484 g/mol. The number of anilines is 1. The third kappa shape index (κ3) is 5.18. The molecule has 11 nitrogen and oxygen atoms in total. The SMILES string of the molecule is CCC(N)(CC)C(=O)N1CCN(C(=O)Nc2ccn(-c3ccc(CN4CC5C(N)C5C4)cc3)c(=O)n2)CC1. The number of fused-ring (bicyclic) bond motifs is 1. The van der Waals surface area contributed by atoms with Gasteiger partial charge in [-0.05, 0) is 48.4 Å². The van der Waals surface area contributed by atoms with Crippen molar-refractivity contribution in [2.24, 2.45) is 23.3 Å². The number of urea groups is 1. The summed E-state index contributed by atoms with van der Waals surface area (Å²) in [4.78, 5) is 48.1. The molecule has 3 heterocycles. The van der Waals surface area contributed by atoms with Crippen LogP contribution in [0.2, 0.25) is 0 Å². The first kappa shape index (κ1) is 26.3. The predicted molar refractivity (Wildman–Crippen MR) is 145 cm³/mol. The zero-order chi connectivity index (χ0) is 27.0. The molecule has 204 valence electrons. The van der Waals surface area contributed by atoms with Crippen LogP contribution in [0.1, 0.15) is 32.3 Å². The molecule has 11 heteroatoms. The minimum absolute atomic E-state index is 0.0712. The number of benzene rings is 1. The molecule has 1 saturated carbocycles. The fourth-order valence-electron chi connectivity index (χ4n) is 5.65. The van der Waals surface area contributed by atoms with E-state index in [2.05, 4.69) is 15.2 Å². The van der Waals surface area contributed by atoms with E-state index in [9.17, 15) is 14.4 Å². The highest BCUT2D eigenvalue weighted by Crippen LogP contribution is 2.44. The van der Waals surface area contributed by atoms with Crippen molar-refractivity contribution in [2.45, 2.75) is 44.8 Å². The molecule has 38 heavy (non-hydrogen) atoms. The maximum absolute atomic E-state index is 12.8. The van der Waals surface area contributed by atoms with Crippen molar-refractivity contribution in [2.75, 3.05) is 44.6 Å². The highest BCUT2D eigenvalue weighted by Gasteiger charge is 2.53. The molecule has 2 atom stereocenters. The number of nitrogens with one attached hydrogen (secondary N) is 1. The van der Waals surface area contributed by atoms with Crippen LogP contribution in [-0.2, 0) is 11.3 Å². The zero-order valence-corrected chi connectivity index (χ0v) is 22.2. The fourth-order valence-corrected chi connectivity index (χ4v) is 5.65. The first-order valence-electron chi connectivity index (χ1n) is 13.5. The van der Waals surface area contributed by atoms with E-state index in [1.165, 1.54) is 10.1 Å². The molecule has 1 aliphatic carbocycles. The Balaban J connectivity index is 1.14. The normalized spacial score (nSPS) is 23.3. The number of carbonyl (C=O) groups excluding carboxylic acids is 2. The van der Waals surface area contributed by atoms with Gasteiger partial charge in [0.05, 0.1) is 11.2 Å². The number of piperidine rings is 1. The van der Waals surface area contributed by atoms with Gasteiger partial charge in [0.1, 0.15) is 5.82 Å². The van der Waals surface area contributed by atoms with Gasteiger partial charge in [0.15, 0.2) is 0 Å². The van der Waals surface area contributed by atoms with Gasteiger partial charge in [-0.1, -0.05) is 26.0 Å². The van der Waals surface area contributed by atoms with Crippen LogP contribution in [0.5, 0.6) is 0 Å². The van der Waals surface area contributed by atoms with Gasteiger partial charge in [-0.3, -0.25) is 19.6 Å². The molecule has 1 aromatic heterocycles. The number of aromatic nitrogens is 2. The molecule has 0 spiro atoms. The summed E-state index contributed by atoms with van der Waals surface area (Å²) in [6, 6.07) is 9.53. The van der Waals surface area contributed by atoms with Gasteiger partial charge >= 0.3 is 11.7 Å². The number of rotatable bonds is 7. The summed E-state index contributed by atoms with van der Waals surface area (Å²) in [7, 11) is 0. The first-order chi connectivity index (χ1) is 18.2. The quantitative estimate of drug-likeness (QED) is 0.488. The van der Waals surface area contributed by atoms with Crippen molar-refractivity contribution in [3.8, 4) is 5.69 Å². The fraction of sp³-hybridized carbons (Fsp3) is 0.556. The number of nitrogens with two attached hydrogens (primary N) is 2. The monoisotopic (exact) mass is 522 g/mol. The Morgan fingerprint density at radius 1 is 1.00 bits per heavy atom. The lowest BCUT2D eigenvalue weighted by Crippen LogP contribution is -2.60. The van der Waals surface area contributed by atoms with Crippen molar-refractivity contribution in [1.82, 2.24) is 24.3 Å². The van der Waals surface area contributed by atoms with Crippen LogP contribution in [0, 0.1) is 11.8 Å². The number of amides is 3. The van der Waals surface area contributed by atoms with Gasteiger partial charge in [-0.2, -0.15) is 4.98 Å². The highest BCUT2D eigenvalue weighted by molar-refractivity contribution is 5.89. The number of nitrogens with zero attached hydrogens (tertiary/aromatic N) is 5. The van der Waals surface area contributed by atoms with Crippen molar-refractivity contribution < 1.29 is 9.59 Å². The Kier molecular flexibility index (Phi) is 7.26. The molecule has 5 rings (SSSR count). The van der Waals surface area contributed by atoms with Crippen molar-refractivity contribution in [3.05, 3.63) is 52.6 Å². The molecule has 1 aromatic carbocycles. The van der Waals surface area contributed by atoms with Crippen LogP contribution in [0.3, 0.4) is 0 Å². The lowest BCUT2D eigenvalue weighted by Gasteiger charge is -2.39. The van der Waals surface area contributed by atoms with Crippen LogP contribution in [0.4, 0.5) is 10.6 Å². The molecule has 5 N–H and O–H groups in total. The van der Waals surface area contributed by atoms with Crippen molar-refractivity contribution >= 4 is 17.8 Å². The zero-order valence-electron chi connectivity index (χ0n) is 22.2. The standard InChI is InChI=1S/C27H38N8O3/c1-3-27(29,4-2)24(36)33-11-13-34(14-12-33)25(37)30-22-9-10-35(26(38)31-22)19-7-5-18(6-8-19)15-32-16-20-21(17-32)23(20)28/h5-10,20-21,23H,3-4,11-17,28-29H2,1-2H3,(H,30,31,37,38). The van der Waals surface area contributed by atoms with E-state index in [0.717, 1.165) is 19.6 Å². The second-order valence-corrected chi connectivity index (χ2v) is 10.8. The van der Waals surface area contributed by atoms with Crippen LogP contribution in [0.25, 0.3) is 5.69 Å². The molecular formula is C27H38N8O3. The summed E-state index contributed by atoms with van der Waals surface area (Å²) in [5, 5.41) is 2.71. The van der Waals surface area contributed by atoms with Crippen LogP contribution in [0.15, 0.2) is 41.3 Å². The second-order valence-electron chi connectivity index (χ2n) is 10.8. The highest BCUT2D eigenvalue weighted by atomic mass is 16.2. The Bertz CT molecular complexity index is 1220. The molecule has 3 fully saturated rings. The molecule has 2 saturated heterocycles. The van der Waals surface area contributed by atoms with E-state index in [1.807, 2.05) is 38.1 Å². The van der Waals surface area contributed by atoms with Gasteiger partial charge in [0, 0.05) is 58.1 Å². The average molecular weight is 523 g/mol. The van der Waals surface area contributed by atoms with Crippen LogP contribution >= 0.6 is 0 Å². The molecule has 3 aliphatic rings. The number of likely N-dealkylation sites (tertiary alicyclic amines) is 1. The number of hydrogen-bond acceptors (Lipinski definition) is 7. The Labute approximate surface area is 222 Å². The van der Waals surface area contributed by atoms with E-state index in [4.69, 9.17) is 11.5 Å². The Morgan fingerprint density at radius 2 is 1.61 bits per heavy atom. The summed E-state index contributed by atoms with van der Waals surface area (Å²) < 4.78 is 1.45. The Hall–Kier alpha value is -3.28. The van der Waals surface area contributed by atoms with Gasteiger partial charge in [-0.25, -0.2) is 9.59 Å². The number of piperazine rings is 1. The topological polar surface area (TPSA) is 143 Å². The van der Waals surface area contributed by atoms with Crippen molar-refractivity contribution in [1.29, 1.82) is 0 Å². The minimum atomic E-state index is -0.860. The number of hydrogen-bond donors (Lipinski definition) is 3. The lowest BCUT2D eigenvalue weighted by atomic mass is 9.92. The van der Waals surface area contributed by atoms with Gasteiger partial charge in [0.25, 0.3) is 0 Å². The predicted octanol–water partition coefficient (Wildman–Crippen LogP) is 0.815. The van der Waals surface area contributed by atoms with Gasteiger partial charge in [0.2, 0.25) is 5.91 Å². The summed E-state index contributed by atoms with van der Waals surface area (Å²) in [5.74, 6) is 1.43. The number of carbonyl (C=O) groups is 2. The summed E-state index contributed by atoms with van der Waals surface area (Å²) >= 11 is 0. The molecule has 0 bridgehead atoms. The van der Waals surface area contributed by atoms with E-state index in [1.54, 1.807) is 22.1 Å². The van der Waals surface area contributed by atoms with Crippen LogP contribution < -0.4 is 22.5 Å². The van der Waals surface area contributed by atoms with E-state index < -0.39 is 11.2 Å². The average Bonchev–Trinajstić information content (AvgIpc) is 3.31. The third-order valence-corrected chi connectivity index (χ3v) is 8.54. The molecule has 2 aromatic rings. The van der Waals surface area contributed by atoms with Gasteiger partial charge in [-0.15, -0.1) is 0 Å². The summed E-state index contributed by atoms with van der Waals surface area (Å²) in [6.07, 6.45) is 2.75. The smallest absolute Gasteiger partial charge is 0.338 e. The molecule has 2 unspecified atom stereocenters. The third-order valence-electron chi connectivity index (χ3n) is 8.54. The lowest BCUT2D eigenvalue weighted by molar-refractivity contribution is -0.138. The molecule has 3 amide bonds. The second kappa shape index (κ2) is 10.5.